The zero-order chi connectivity index (χ0) is 15.9. The third-order valence-corrected chi connectivity index (χ3v) is 3.08. The Morgan fingerprint density at radius 1 is 1.23 bits per heavy atom. The molecule has 0 aliphatic rings. The summed E-state index contributed by atoms with van der Waals surface area (Å²) in [6.07, 6.45) is 1.53. The van der Waals surface area contributed by atoms with Gasteiger partial charge in [0.2, 0.25) is 0 Å². The topological polar surface area (TPSA) is 62.1 Å². The van der Waals surface area contributed by atoms with E-state index in [2.05, 4.69) is 5.32 Å². The summed E-state index contributed by atoms with van der Waals surface area (Å²) in [5, 5.41) is 11.9. The number of ether oxygens (including phenoxy) is 1. The lowest BCUT2D eigenvalue weighted by atomic mass is 10.1. The second-order valence-corrected chi connectivity index (χ2v) is 4.74. The summed E-state index contributed by atoms with van der Waals surface area (Å²) in [5.41, 5.74) is 2.38. The normalized spacial score (nSPS) is 10.7. The van der Waals surface area contributed by atoms with Crippen molar-refractivity contribution in [2.24, 2.45) is 0 Å². The summed E-state index contributed by atoms with van der Waals surface area (Å²) in [7, 11) is 1.55. The van der Waals surface area contributed by atoms with Crippen molar-refractivity contribution in [3.05, 3.63) is 65.2 Å². The molecule has 4 heteroatoms. The Kier molecular flexibility index (Phi) is 4.94. The molecule has 0 heterocycles. The number of carbonyl (C=O) groups excluding carboxylic acids is 1. The van der Waals surface area contributed by atoms with Crippen molar-refractivity contribution in [3.8, 4) is 11.8 Å². The van der Waals surface area contributed by atoms with E-state index in [0.717, 1.165) is 5.56 Å². The number of aryl methyl sites for hydroxylation is 1. The van der Waals surface area contributed by atoms with Crippen molar-refractivity contribution >= 4 is 17.7 Å². The molecule has 2 aromatic rings. The summed E-state index contributed by atoms with van der Waals surface area (Å²) in [4.78, 5) is 12.2. The predicted molar refractivity (Wildman–Crippen MR) is 86.4 cm³/mol. The van der Waals surface area contributed by atoms with Crippen LogP contribution >= 0.6 is 0 Å². The number of benzene rings is 2. The third-order valence-electron chi connectivity index (χ3n) is 3.08. The number of nitrogens with zero attached hydrogens (tertiary/aromatic N) is 1. The van der Waals surface area contributed by atoms with Gasteiger partial charge in [0, 0.05) is 11.3 Å². The molecule has 0 bridgehead atoms. The number of anilines is 1. The first-order valence-corrected chi connectivity index (χ1v) is 6.77. The monoisotopic (exact) mass is 292 g/mol. The number of para-hydroxylation sites is 1. The van der Waals surface area contributed by atoms with Gasteiger partial charge >= 0.3 is 0 Å². The summed E-state index contributed by atoms with van der Waals surface area (Å²) in [5.74, 6) is 0.170. The Morgan fingerprint density at radius 3 is 2.59 bits per heavy atom. The molecule has 0 aliphatic heterocycles. The maximum atomic E-state index is 12.2. The molecule has 4 nitrogen and oxygen atoms in total. The average molecular weight is 292 g/mol. The Morgan fingerprint density at radius 2 is 1.95 bits per heavy atom. The van der Waals surface area contributed by atoms with Crippen LogP contribution in [0.2, 0.25) is 0 Å². The van der Waals surface area contributed by atoms with Crippen LogP contribution in [-0.2, 0) is 4.79 Å². The molecule has 0 spiro atoms. The van der Waals surface area contributed by atoms with Gasteiger partial charge < -0.3 is 10.1 Å². The highest BCUT2D eigenvalue weighted by atomic mass is 16.5. The fraction of sp³-hybridized carbons (Fsp3) is 0.111. The molecular formula is C18H16N2O2. The number of nitrogens with one attached hydrogen (secondary N) is 1. The Hall–Kier alpha value is -3.06. The number of methoxy groups -OCH3 is 1. The fourth-order valence-electron chi connectivity index (χ4n) is 1.99. The highest BCUT2D eigenvalue weighted by Crippen LogP contribution is 2.22. The number of rotatable bonds is 4. The second-order valence-electron chi connectivity index (χ2n) is 4.74. The van der Waals surface area contributed by atoms with Crippen LogP contribution in [0.3, 0.4) is 0 Å². The smallest absolute Gasteiger partial charge is 0.266 e. The van der Waals surface area contributed by atoms with Gasteiger partial charge in [-0.15, -0.1) is 0 Å². The first-order chi connectivity index (χ1) is 10.6. The van der Waals surface area contributed by atoms with Crippen molar-refractivity contribution in [1.29, 1.82) is 5.26 Å². The van der Waals surface area contributed by atoms with E-state index in [9.17, 15) is 10.1 Å². The lowest BCUT2D eigenvalue weighted by Gasteiger charge is -2.07. The zero-order valence-electron chi connectivity index (χ0n) is 12.5. The van der Waals surface area contributed by atoms with E-state index in [4.69, 9.17) is 4.74 Å². The van der Waals surface area contributed by atoms with Crippen molar-refractivity contribution < 1.29 is 9.53 Å². The van der Waals surface area contributed by atoms with Crippen LogP contribution in [0.25, 0.3) is 6.08 Å². The first kappa shape index (κ1) is 15.3. The molecule has 0 fully saturated rings. The maximum Gasteiger partial charge on any atom is 0.266 e. The minimum Gasteiger partial charge on any atom is -0.496 e. The van der Waals surface area contributed by atoms with Gasteiger partial charge in [-0.05, 0) is 37.3 Å². The quantitative estimate of drug-likeness (QED) is 0.692. The lowest BCUT2D eigenvalue weighted by molar-refractivity contribution is -0.112. The first-order valence-electron chi connectivity index (χ1n) is 6.77. The summed E-state index contributed by atoms with van der Waals surface area (Å²) < 4.78 is 5.26. The van der Waals surface area contributed by atoms with Gasteiger partial charge in [0.25, 0.3) is 5.91 Å². The standard InChI is InChI=1S/C18H16N2O2/c1-13-8-9-17(22-2)14(10-13)11-15(12-19)18(21)20-16-6-4-3-5-7-16/h3-11H,1-2H3,(H,20,21)/b15-11+. The molecule has 0 unspecified atom stereocenters. The van der Waals surface area contributed by atoms with E-state index < -0.39 is 5.91 Å². The summed E-state index contributed by atoms with van der Waals surface area (Å²) >= 11 is 0. The minimum absolute atomic E-state index is 0.0211. The van der Waals surface area contributed by atoms with Gasteiger partial charge in [-0.25, -0.2) is 0 Å². The number of hydrogen-bond donors (Lipinski definition) is 1. The van der Waals surface area contributed by atoms with E-state index in [1.807, 2.05) is 49.4 Å². The lowest BCUT2D eigenvalue weighted by Crippen LogP contribution is -2.13. The molecule has 2 aromatic carbocycles. The van der Waals surface area contributed by atoms with Crippen LogP contribution in [0.5, 0.6) is 5.75 Å². The van der Waals surface area contributed by atoms with Gasteiger partial charge in [0.1, 0.15) is 17.4 Å². The Labute approximate surface area is 129 Å². The van der Waals surface area contributed by atoms with Gasteiger partial charge in [0.05, 0.1) is 7.11 Å². The maximum absolute atomic E-state index is 12.2. The molecule has 22 heavy (non-hydrogen) atoms. The molecule has 0 saturated carbocycles. The number of carbonyl (C=O) groups is 1. The molecule has 0 aliphatic carbocycles. The van der Waals surface area contributed by atoms with Crippen molar-refractivity contribution in [1.82, 2.24) is 0 Å². The number of amides is 1. The van der Waals surface area contributed by atoms with Gasteiger partial charge in [-0.2, -0.15) is 5.26 Å². The van der Waals surface area contributed by atoms with Crippen LogP contribution in [-0.4, -0.2) is 13.0 Å². The SMILES string of the molecule is COc1ccc(C)cc1/C=C(\C#N)C(=O)Nc1ccccc1. The Bertz CT molecular complexity index is 743. The number of hydrogen-bond acceptors (Lipinski definition) is 3. The molecular weight excluding hydrogens is 276 g/mol. The van der Waals surface area contributed by atoms with Crippen molar-refractivity contribution in [3.63, 3.8) is 0 Å². The zero-order valence-corrected chi connectivity index (χ0v) is 12.5. The van der Waals surface area contributed by atoms with Crippen molar-refractivity contribution in [2.75, 3.05) is 12.4 Å². The molecule has 0 aromatic heterocycles. The number of nitriles is 1. The molecule has 2 rings (SSSR count). The second kappa shape index (κ2) is 7.09. The van der Waals surface area contributed by atoms with Gasteiger partial charge in [-0.1, -0.05) is 29.8 Å². The van der Waals surface area contributed by atoms with E-state index in [-0.39, 0.29) is 5.57 Å². The molecule has 0 radical (unpaired) electrons. The van der Waals surface area contributed by atoms with Crippen LogP contribution in [0, 0.1) is 18.3 Å². The van der Waals surface area contributed by atoms with Crippen LogP contribution in [0.1, 0.15) is 11.1 Å². The van der Waals surface area contributed by atoms with Crippen molar-refractivity contribution in [2.45, 2.75) is 6.92 Å². The summed E-state index contributed by atoms with van der Waals surface area (Å²) in [6, 6.07) is 16.5. The van der Waals surface area contributed by atoms with E-state index >= 15 is 0 Å². The highest BCUT2D eigenvalue weighted by Gasteiger charge is 2.11. The van der Waals surface area contributed by atoms with Crippen LogP contribution in [0.4, 0.5) is 5.69 Å². The van der Waals surface area contributed by atoms with Gasteiger partial charge in [-0.3, -0.25) is 4.79 Å². The molecule has 1 N–H and O–H groups in total. The highest BCUT2D eigenvalue weighted by molar-refractivity contribution is 6.09. The molecule has 0 atom stereocenters. The van der Waals surface area contributed by atoms with Crippen LogP contribution < -0.4 is 10.1 Å². The predicted octanol–water partition coefficient (Wildman–Crippen LogP) is 3.55. The van der Waals surface area contributed by atoms with E-state index in [1.54, 1.807) is 19.2 Å². The van der Waals surface area contributed by atoms with Gasteiger partial charge in [0.15, 0.2) is 0 Å². The van der Waals surface area contributed by atoms with E-state index in [1.165, 1.54) is 6.08 Å². The van der Waals surface area contributed by atoms with E-state index in [0.29, 0.717) is 17.0 Å². The molecule has 0 saturated heterocycles. The fourth-order valence-corrected chi connectivity index (χ4v) is 1.99. The molecule has 1 amide bonds. The van der Waals surface area contributed by atoms with Crippen LogP contribution in [0.15, 0.2) is 54.1 Å². The average Bonchev–Trinajstić information content (AvgIpc) is 2.53. The minimum atomic E-state index is -0.447. The molecule has 110 valence electrons. The summed E-state index contributed by atoms with van der Waals surface area (Å²) in [6.45, 7) is 1.94. The Balaban J connectivity index is 2.30. The third kappa shape index (κ3) is 3.74. The largest absolute Gasteiger partial charge is 0.496 e.